The van der Waals surface area contributed by atoms with E-state index in [1.54, 1.807) is 10.8 Å². The van der Waals surface area contributed by atoms with Crippen LogP contribution >= 0.6 is 0 Å². The Morgan fingerprint density at radius 3 is 2.55 bits per heavy atom. The highest BCUT2D eigenvalue weighted by molar-refractivity contribution is 7.89. The Hall–Kier alpha value is -0.850. The van der Waals surface area contributed by atoms with Crippen LogP contribution in [0, 0.1) is 0 Å². The molecule has 0 saturated carbocycles. The van der Waals surface area contributed by atoms with Crippen LogP contribution in [0.15, 0.2) is 17.2 Å². The molecule has 0 amide bonds. The fourth-order valence-corrected chi connectivity index (χ4v) is 3.53. The van der Waals surface area contributed by atoms with Gasteiger partial charge < -0.3 is 9.67 Å². The van der Waals surface area contributed by atoms with Crippen molar-refractivity contribution in [3.8, 4) is 0 Å². The number of rotatable bonds is 9. The van der Waals surface area contributed by atoms with Crippen molar-refractivity contribution in [1.82, 2.24) is 9.29 Å². The van der Waals surface area contributed by atoms with Crippen molar-refractivity contribution in [2.45, 2.75) is 70.5 Å². The number of aliphatic hydroxyl groups is 1. The monoisotopic (exact) mass is 302 g/mol. The van der Waals surface area contributed by atoms with Gasteiger partial charge in [-0.1, -0.05) is 26.2 Å². The van der Waals surface area contributed by atoms with Gasteiger partial charge in [-0.25, -0.2) is 13.1 Å². The van der Waals surface area contributed by atoms with E-state index in [0.29, 0.717) is 12.2 Å². The normalized spacial score (nSPS) is 13.6. The van der Waals surface area contributed by atoms with E-state index in [0.717, 1.165) is 25.7 Å². The van der Waals surface area contributed by atoms with Crippen molar-refractivity contribution >= 4 is 10.0 Å². The molecule has 1 atom stereocenters. The zero-order valence-corrected chi connectivity index (χ0v) is 13.4. The van der Waals surface area contributed by atoms with Gasteiger partial charge in [-0.3, -0.25) is 0 Å². The summed E-state index contributed by atoms with van der Waals surface area (Å²) in [5.41, 5.74) is 0.617. The first-order chi connectivity index (χ1) is 9.44. The maximum Gasteiger partial charge on any atom is 0.242 e. The molecule has 0 fully saturated rings. The third kappa shape index (κ3) is 4.61. The molecule has 0 aromatic carbocycles. The van der Waals surface area contributed by atoms with Crippen molar-refractivity contribution in [3.63, 3.8) is 0 Å². The second-order valence-electron chi connectivity index (χ2n) is 5.13. The van der Waals surface area contributed by atoms with E-state index in [1.807, 2.05) is 13.8 Å². The predicted octanol–water partition coefficient (Wildman–Crippen LogP) is 2.25. The Morgan fingerprint density at radius 2 is 2.05 bits per heavy atom. The van der Waals surface area contributed by atoms with Crippen LogP contribution in [0.3, 0.4) is 0 Å². The summed E-state index contributed by atoms with van der Waals surface area (Å²) in [6.45, 7) is 6.40. The minimum absolute atomic E-state index is 0.0749. The molecule has 0 aliphatic heterocycles. The predicted molar refractivity (Wildman–Crippen MR) is 80.0 cm³/mol. The smallest absolute Gasteiger partial charge is 0.242 e. The lowest BCUT2D eigenvalue weighted by molar-refractivity contribution is 0.271. The number of aromatic nitrogens is 1. The Bertz CT molecular complexity index is 487. The van der Waals surface area contributed by atoms with Crippen LogP contribution in [-0.4, -0.2) is 24.1 Å². The maximum absolute atomic E-state index is 12.3. The van der Waals surface area contributed by atoms with Gasteiger partial charge in [0.25, 0.3) is 0 Å². The third-order valence-electron chi connectivity index (χ3n) is 3.37. The number of hydrogen-bond donors (Lipinski definition) is 2. The van der Waals surface area contributed by atoms with Gasteiger partial charge in [0.15, 0.2) is 0 Å². The lowest BCUT2D eigenvalue weighted by Crippen LogP contribution is -2.32. The van der Waals surface area contributed by atoms with E-state index in [9.17, 15) is 13.5 Å². The highest BCUT2D eigenvalue weighted by Crippen LogP contribution is 2.16. The first-order valence-corrected chi connectivity index (χ1v) is 8.75. The molecule has 0 radical (unpaired) electrons. The number of aryl methyl sites for hydroxylation is 1. The highest BCUT2D eigenvalue weighted by atomic mass is 32.2. The lowest BCUT2D eigenvalue weighted by atomic mass is 10.1. The van der Waals surface area contributed by atoms with Gasteiger partial charge in [0.2, 0.25) is 10.0 Å². The van der Waals surface area contributed by atoms with Crippen molar-refractivity contribution in [2.75, 3.05) is 0 Å². The molecule has 0 bridgehead atoms. The van der Waals surface area contributed by atoms with Gasteiger partial charge >= 0.3 is 0 Å². The van der Waals surface area contributed by atoms with Gasteiger partial charge in [0.1, 0.15) is 0 Å². The zero-order chi connectivity index (χ0) is 15.2. The number of aliphatic hydroxyl groups excluding tert-OH is 1. The molecule has 1 unspecified atom stereocenters. The van der Waals surface area contributed by atoms with E-state index >= 15 is 0 Å². The summed E-state index contributed by atoms with van der Waals surface area (Å²) in [5.74, 6) is 0. The summed E-state index contributed by atoms with van der Waals surface area (Å²) < 4.78 is 29.0. The van der Waals surface area contributed by atoms with Crippen LogP contribution in [0.4, 0.5) is 0 Å². The van der Waals surface area contributed by atoms with Crippen molar-refractivity contribution in [2.24, 2.45) is 0 Å². The van der Waals surface area contributed by atoms with E-state index in [-0.39, 0.29) is 17.5 Å². The van der Waals surface area contributed by atoms with Crippen molar-refractivity contribution in [1.29, 1.82) is 0 Å². The van der Waals surface area contributed by atoms with Gasteiger partial charge in [-0.2, -0.15) is 0 Å². The summed E-state index contributed by atoms with van der Waals surface area (Å²) >= 11 is 0. The second kappa shape index (κ2) is 7.81. The minimum Gasteiger partial charge on any atom is -0.390 e. The largest absolute Gasteiger partial charge is 0.390 e. The molecule has 1 aromatic rings. The molecular formula is C14H26N2O3S. The Balaban J connectivity index is 2.75. The van der Waals surface area contributed by atoms with Crippen molar-refractivity contribution < 1.29 is 13.5 Å². The Kier molecular flexibility index (Phi) is 6.71. The molecule has 0 spiro atoms. The molecule has 1 rings (SSSR count). The van der Waals surface area contributed by atoms with Crippen LogP contribution < -0.4 is 4.72 Å². The fourth-order valence-electron chi connectivity index (χ4n) is 2.19. The SMILES string of the molecule is CCCCCC(C)NS(=O)(=O)c1cc(CO)n(CC)c1. The van der Waals surface area contributed by atoms with Crippen molar-refractivity contribution in [3.05, 3.63) is 18.0 Å². The summed E-state index contributed by atoms with van der Waals surface area (Å²) in [7, 11) is -3.50. The zero-order valence-electron chi connectivity index (χ0n) is 12.6. The summed E-state index contributed by atoms with van der Waals surface area (Å²) in [6.07, 6.45) is 5.69. The number of sulfonamides is 1. The van der Waals surface area contributed by atoms with Gasteiger partial charge in [0, 0.05) is 24.5 Å². The molecule has 20 heavy (non-hydrogen) atoms. The molecule has 6 heteroatoms. The van der Waals surface area contributed by atoms with E-state index in [4.69, 9.17) is 0 Å². The van der Waals surface area contributed by atoms with Crippen LogP contribution in [-0.2, 0) is 23.2 Å². The van der Waals surface area contributed by atoms with Gasteiger partial charge in [0.05, 0.1) is 11.5 Å². The summed E-state index contributed by atoms with van der Waals surface area (Å²) in [4.78, 5) is 0.228. The standard InChI is InChI=1S/C14H26N2O3S/c1-4-6-7-8-12(3)15-20(18,19)14-9-13(11-17)16(5-2)10-14/h9-10,12,15,17H,4-8,11H2,1-3H3. The minimum atomic E-state index is -3.50. The molecule has 1 heterocycles. The third-order valence-corrected chi connectivity index (χ3v) is 4.93. The summed E-state index contributed by atoms with van der Waals surface area (Å²) in [6, 6.07) is 1.46. The van der Waals surface area contributed by atoms with Gasteiger partial charge in [-0.05, 0) is 26.3 Å². The molecule has 0 saturated heterocycles. The first-order valence-electron chi connectivity index (χ1n) is 7.26. The Morgan fingerprint density at radius 1 is 1.35 bits per heavy atom. The number of unbranched alkanes of at least 4 members (excludes halogenated alkanes) is 2. The van der Waals surface area contributed by atoms with E-state index in [1.165, 1.54) is 6.07 Å². The topological polar surface area (TPSA) is 71.3 Å². The van der Waals surface area contributed by atoms with E-state index in [2.05, 4.69) is 11.6 Å². The molecule has 5 nitrogen and oxygen atoms in total. The molecular weight excluding hydrogens is 276 g/mol. The second-order valence-corrected chi connectivity index (χ2v) is 6.84. The average Bonchev–Trinajstić information content (AvgIpc) is 2.82. The molecule has 2 N–H and O–H groups in total. The average molecular weight is 302 g/mol. The Labute approximate surface area is 122 Å². The fraction of sp³-hybridized carbons (Fsp3) is 0.714. The lowest BCUT2D eigenvalue weighted by Gasteiger charge is -2.13. The first kappa shape index (κ1) is 17.2. The summed E-state index contributed by atoms with van der Waals surface area (Å²) in [5, 5.41) is 9.22. The molecule has 116 valence electrons. The molecule has 1 aromatic heterocycles. The number of nitrogens with zero attached hydrogens (tertiary/aromatic N) is 1. The number of nitrogens with one attached hydrogen (secondary N) is 1. The number of hydrogen-bond acceptors (Lipinski definition) is 3. The molecule has 0 aliphatic carbocycles. The quantitative estimate of drug-likeness (QED) is 0.687. The maximum atomic E-state index is 12.3. The van der Waals surface area contributed by atoms with Gasteiger partial charge in [-0.15, -0.1) is 0 Å². The van der Waals surface area contributed by atoms with E-state index < -0.39 is 10.0 Å². The van der Waals surface area contributed by atoms with Crippen LogP contribution in [0.1, 0.15) is 52.1 Å². The molecule has 0 aliphatic rings. The highest BCUT2D eigenvalue weighted by Gasteiger charge is 2.20. The van der Waals surface area contributed by atoms with Crippen LogP contribution in [0.25, 0.3) is 0 Å². The van der Waals surface area contributed by atoms with Crippen LogP contribution in [0.5, 0.6) is 0 Å². The van der Waals surface area contributed by atoms with Crippen LogP contribution in [0.2, 0.25) is 0 Å².